The van der Waals surface area contributed by atoms with Gasteiger partial charge in [-0.1, -0.05) is 0 Å². The van der Waals surface area contributed by atoms with Crippen molar-refractivity contribution in [3.63, 3.8) is 0 Å². The lowest BCUT2D eigenvalue weighted by Crippen LogP contribution is -2.16. The fourth-order valence-electron chi connectivity index (χ4n) is 1.81. The molecule has 0 bridgehead atoms. The number of rotatable bonds is 3. The Morgan fingerprint density at radius 2 is 2.06 bits per heavy atom. The van der Waals surface area contributed by atoms with Crippen LogP contribution in [0, 0.1) is 19.8 Å². The molecule has 5 heteroatoms. The summed E-state index contributed by atoms with van der Waals surface area (Å²) in [6.07, 6.45) is 1.19. The minimum atomic E-state index is 0. The first-order chi connectivity index (χ1) is 7.24. The lowest BCUT2D eigenvalue weighted by Gasteiger charge is -2.09. The number of aryl methyl sites for hydroxylation is 2. The van der Waals surface area contributed by atoms with Gasteiger partial charge in [0.25, 0.3) is 0 Å². The molecule has 1 unspecified atom stereocenters. The molecule has 1 aromatic rings. The molecule has 16 heavy (non-hydrogen) atoms. The molecule has 1 aromatic heterocycles. The van der Waals surface area contributed by atoms with Crippen molar-refractivity contribution in [2.75, 3.05) is 19.7 Å². The maximum Gasteiger partial charge on any atom is 0.316 e. The Balaban J connectivity index is 0.00000128. The minimum Gasteiger partial charge on any atom is -0.463 e. The van der Waals surface area contributed by atoms with Crippen molar-refractivity contribution in [2.45, 2.75) is 20.3 Å². The van der Waals surface area contributed by atoms with E-state index in [2.05, 4.69) is 15.3 Å². The molecule has 1 aliphatic rings. The average Bonchev–Trinajstić information content (AvgIpc) is 2.65. The van der Waals surface area contributed by atoms with Crippen molar-refractivity contribution in [1.29, 1.82) is 0 Å². The zero-order valence-corrected chi connectivity index (χ0v) is 10.5. The van der Waals surface area contributed by atoms with Crippen LogP contribution in [0.4, 0.5) is 0 Å². The van der Waals surface area contributed by atoms with Crippen molar-refractivity contribution < 1.29 is 4.74 Å². The minimum absolute atomic E-state index is 0. The predicted molar refractivity (Wildman–Crippen MR) is 65.2 cm³/mol. The zero-order chi connectivity index (χ0) is 10.7. The fourth-order valence-corrected chi connectivity index (χ4v) is 1.81. The molecule has 4 nitrogen and oxygen atoms in total. The maximum absolute atomic E-state index is 5.59. The summed E-state index contributed by atoms with van der Waals surface area (Å²) in [5, 5.41) is 3.31. The Morgan fingerprint density at radius 1 is 1.38 bits per heavy atom. The molecule has 1 saturated heterocycles. The highest BCUT2D eigenvalue weighted by atomic mass is 35.5. The van der Waals surface area contributed by atoms with Crippen LogP contribution in [0.15, 0.2) is 6.07 Å². The lowest BCUT2D eigenvalue weighted by atomic mass is 10.1. The molecular weight excluding hydrogens is 226 g/mol. The van der Waals surface area contributed by atoms with Crippen molar-refractivity contribution in [1.82, 2.24) is 15.3 Å². The van der Waals surface area contributed by atoms with Gasteiger partial charge in [0.2, 0.25) is 0 Å². The highest BCUT2D eigenvalue weighted by molar-refractivity contribution is 5.85. The van der Waals surface area contributed by atoms with E-state index in [0.717, 1.165) is 31.1 Å². The maximum atomic E-state index is 5.59. The van der Waals surface area contributed by atoms with Crippen LogP contribution in [0.3, 0.4) is 0 Å². The summed E-state index contributed by atoms with van der Waals surface area (Å²) in [6, 6.07) is 2.46. The molecule has 0 amide bonds. The predicted octanol–water partition coefficient (Wildman–Crippen LogP) is 1.50. The summed E-state index contributed by atoms with van der Waals surface area (Å²) in [6.45, 7) is 6.78. The number of ether oxygens (including phenoxy) is 1. The lowest BCUT2D eigenvalue weighted by molar-refractivity contribution is 0.240. The fraction of sp³-hybridized carbons (Fsp3) is 0.636. The molecular formula is C11H18ClN3O. The van der Waals surface area contributed by atoms with Gasteiger partial charge < -0.3 is 10.1 Å². The molecule has 2 heterocycles. The molecule has 0 spiro atoms. The molecule has 1 aliphatic heterocycles. The summed E-state index contributed by atoms with van der Waals surface area (Å²) in [5.74, 6) is 0.606. The summed E-state index contributed by atoms with van der Waals surface area (Å²) in [5.41, 5.74) is 1.92. The summed E-state index contributed by atoms with van der Waals surface area (Å²) < 4.78 is 5.59. The largest absolute Gasteiger partial charge is 0.463 e. The van der Waals surface area contributed by atoms with Gasteiger partial charge in [-0.05, 0) is 32.9 Å². The summed E-state index contributed by atoms with van der Waals surface area (Å²) in [4.78, 5) is 8.48. The Hall–Kier alpha value is -0.870. The van der Waals surface area contributed by atoms with Gasteiger partial charge in [-0.3, -0.25) is 0 Å². The molecule has 1 fully saturated rings. The normalized spacial score (nSPS) is 19.2. The molecule has 0 saturated carbocycles. The SMILES string of the molecule is Cc1cc(C)nc(OCC2CCNC2)n1.Cl. The Kier molecular flexibility index (Phi) is 4.96. The summed E-state index contributed by atoms with van der Waals surface area (Å²) in [7, 11) is 0. The van der Waals surface area contributed by atoms with Crippen molar-refractivity contribution >= 4 is 12.4 Å². The van der Waals surface area contributed by atoms with Crippen LogP contribution >= 0.6 is 12.4 Å². The van der Waals surface area contributed by atoms with Crippen molar-refractivity contribution in [2.24, 2.45) is 5.92 Å². The second-order valence-corrected chi connectivity index (χ2v) is 4.10. The first-order valence-electron chi connectivity index (χ1n) is 5.40. The van der Waals surface area contributed by atoms with E-state index in [-0.39, 0.29) is 12.4 Å². The number of nitrogens with one attached hydrogen (secondary N) is 1. The van der Waals surface area contributed by atoms with Crippen LogP contribution in [0.1, 0.15) is 17.8 Å². The van der Waals surface area contributed by atoms with E-state index < -0.39 is 0 Å². The van der Waals surface area contributed by atoms with E-state index in [0.29, 0.717) is 11.9 Å². The third-order valence-corrected chi connectivity index (χ3v) is 2.57. The van der Waals surface area contributed by atoms with Gasteiger partial charge in [0.15, 0.2) is 0 Å². The second-order valence-electron chi connectivity index (χ2n) is 4.10. The number of halogens is 1. The van der Waals surface area contributed by atoms with Gasteiger partial charge in [0.1, 0.15) is 0 Å². The van der Waals surface area contributed by atoms with Crippen LogP contribution in [0.2, 0.25) is 0 Å². The first kappa shape index (κ1) is 13.2. The smallest absolute Gasteiger partial charge is 0.316 e. The zero-order valence-electron chi connectivity index (χ0n) is 9.69. The van der Waals surface area contributed by atoms with Gasteiger partial charge >= 0.3 is 6.01 Å². The third-order valence-electron chi connectivity index (χ3n) is 2.57. The van der Waals surface area contributed by atoms with E-state index in [1.165, 1.54) is 6.42 Å². The van der Waals surface area contributed by atoms with Crippen LogP contribution < -0.4 is 10.1 Å². The molecule has 0 aliphatic carbocycles. The second kappa shape index (κ2) is 6.01. The van der Waals surface area contributed by atoms with Gasteiger partial charge in [-0.2, -0.15) is 0 Å². The van der Waals surface area contributed by atoms with E-state index in [1.807, 2.05) is 19.9 Å². The monoisotopic (exact) mass is 243 g/mol. The summed E-state index contributed by atoms with van der Waals surface area (Å²) >= 11 is 0. The van der Waals surface area contributed by atoms with E-state index in [9.17, 15) is 0 Å². The first-order valence-corrected chi connectivity index (χ1v) is 5.40. The topological polar surface area (TPSA) is 47.0 Å². The van der Waals surface area contributed by atoms with Gasteiger partial charge in [-0.25, -0.2) is 9.97 Å². The number of hydrogen-bond acceptors (Lipinski definition) is 4. The van der Waals surface area contributed by atoms with Crippen LogP contribution in [0.5, 0.6) is 6.01 Å². The van der Waals surface area contributed by atoms with Crippen LogP contribution in [0.25, 0.3) is 0 Å². The average molecular weight is 244 g/mol. The third kappa shape index (κ3) is 3.61. The van der Waals surface area contributed by atoms with Crippen LogP contribution in [-0.2, 0) is 0 Å². The van der Waals surface area contributed by atoms with Gasteiger partial charge in [-0.15, -0.1) is 12.4 Å². The molecule has 0 radical (unpaired) electrons. The Morgan fingerprint density at radius 3 is 2.62 bits per heavy atom. The Bertz CT molecular complexity index is 320. The van der Waals surface area contributed by atoms with E-state index >= 15 is 0 Å². The number of aromatic nitrogens is 2. The molecule has 2 rings (SSSR count). The van der Waals surface area contributed by atoms with Crippen molar-refractivity contribution in [3.8, 4) is 6.01 Å². The Labute approximate surface area is 102 Å². The van der Waals surface area contributed by atoms with Gasteiger partial charge in [0.05, 0.1) is 6.61 Å². The van der Waals surface area contributed by atoms with E-state index in [4.69, 9.17) is 4.74 Å². The molecule has 1 N–H and O–H groups in total. The quantitative estimate of drug-likeness (QED) is 0.874. The number of nitrogens with zero attached hydrogens (tertiary/aromatic N) is 2. The van der Waals surface area contributed by atoms with Crippen molar-refractivity contribution in [3.05, 3.63) is 17.5 Å². The van der Waals surface area contributed by atoms with Gasteiger partial charge in [0, 0.05) is 23.9 Å². The molecule has 90 valence electrons. The highest BCUT2D eigenvalue weighted by Crippen LogP contribution is 2.11. The molecule has 0 aromatic carbocycles. The molecule has 1 atom stereocenters. The number of hydrogen-bond donors (Lipinski definition) is 1. The standard InChI is InChI=1S/C11H17N3O.ClH/c1-8-5-9(2)14-11(13-8)15-7-10-3-4-12-6-10;/h5,10,12H,3-4,6-7H2,1-2H3;1H. The highest BCUT2D eigenvalue weighted by Gasteiger charge is 2.15. The van der Waals surface area contributed by atoms with Crippen LogP contribution in [-0.4, -0.2) is 29.7 Å². The van der Waals surface area contributed by atoms with E-state index in [1.54, 1.807) is 0 Å².